The molecule has 8 heteroatoms. The van der Waals surface area contributed by atoms with Gasteiger partial charge in [-0.15, -0.1) is 0 Å². The summed E-state index contributed by atoms with van der Waals surface area (Å²) in [4.78, 5) is 35.8. The fourth-order valence-electron chi connectivity index (χ4n) is 2.75. The average Bonchev–Trinajstić information content (AvgIpc) is 2.61. The number of esters is 1. The van der Waals surface area contributed by atoms with Crippen LogP contribution in [0.15, 0.2) is 18.2 Å². The molecule has 1 fully saturated rings. The quantitative estimate of drug-likeness (QED) is 0.781. The van der Waals surface area contributed by atoms with Crippen molar-refractivity contribution in [1.82, 2.24) is 10.6 Å². The highest BCUT2D eigenvalue weighted by atomic mass is 19.1. The van der Waals surface area contributed by atoms with Crippen molar-refractivity contribution in [3.8, 4) is 5.75 Å². The summed E-state index contributed by atoms with van der Waals surface area (Å²) in [6.45, 7) is 1.31. The van der Waals surface area contributed by atoms with E-state index in [0.717, 1.165) is 38.2 Å². The molecule has 1 atom stereocenters. The third-order valence-corrected chi connectivity index (χ3v) is 4.23. The van der Waals surface area contributed by atoms with Crippen LogP contribution in [0.3, 0.4) is 0 Å². The molecule has 1 aromatic carbocycles. The van der Waals surface area contributed by atoms with Crippen LogP contribution in [0.25, 0.3) is 0 Å². The number of hydrogen-bond acceptors (Lipinski definition) is 5. The van der Waals surface area contributed by atoms with Gasteiger partial charge in [0.05, 0.1) is 12.7 Å². The first-order valence-electron chi connectivity index (χ1n) is 8.56. The number of amides is 3. The number of imide groups is 1. The second kappa shape index (κ2) is 9.17. The topological polar surface area (TPSA) is 93.7 Å². The van der Waals surface area contributed by atoms with Crippen molar-refractivity contribution in [2.45, 2.75) is 51.2 Å². The first-order valence-corrected chi connectivity index (χ1v) is 8.56. The largest absolute Gasteiger partial charge is 0.497 e. The predicted octanol–water partition coefficient (Wildman–Crippen LogP) is 2.54. The molecule has 1 aliphatic rings. The number of carbonyl (C=O) groups is 3. The fraction of sp³-hybridized carbons (Fsp3) is 0.500. The predicted molar refractivity (Wildman–Crippen MR) is 91.4 cm³/mol. The minimum Gasteiger partial charge on any atom is -0.497 e. The van der Waals surface area contributed by atoms with Crippen LogP contribution in [0.5, 0.6) is 5.75 Å². The van der Waals surface area contributed by atoms with Crippen LogP contribution < -0.4 is 15.4 Å². The maximum Gasteiger partial charge on any atom is 0.341 e. The molecule has 2 rings (SSSR count). The van der Waals surface area contributed by atoms with E-state index in [9.17, 15) is 18.8 Å². The van der Waals surface area contributed by atoms with E-state index in [1.807, 2.05) is 0 Å². The van der Waals surface area contributed by atoms with Gasteiger partial charge in [-0.1, -0.05) is 19.3 Å². The molecule has 3 amide bonds. The lowest BCUT2D eigenvalue weighted by Crippen LogP contribution is -2.48. The Labute approximate surface area is 151 Å². The van der Waals surface area contributed by atoms with Gasteiger partial charge in [0.15, 0.2) is 6.10 Å². The summed E-state index contributed by atoms with van der Waals surface area (Å²) in [5.41, 5.74) is -0.322. The van der Waals surface area contributed by atoms with E-state index in [0.29, 0.717) is 0 Å². The molecule has 0 radical (unpaired) electrons. The summed E-state index contributed by atoms with van der Waals surface area (Å²) in [7, 11) is 1.37. The number of urea groups is 1. The van der Waals surface area contributed by atoms with Gasteiger partial charge in [-0.3, -0.25) is 10.1 Å². The maximum absolute atomic E-state index is 13.9. The molecule has 0 bridgehead atoms. The Morgan fingerprint density at radius 2 is 1.88 bits per heavy atom. The number of ether oxygens (including phenoxy) is 2. The molecule has 1 saturated carbocycles. The smallest absolute Gasteiger partial charge is 0.341 e. The van der Waals surface area contributed by atoms with Crippen molar-refractivity contribution >= 4 is 17.9 Å². The van der Waals surface area contributed by atoms with Crippen LogP contribution in [-0.4, -0.2) is 37.2 Å². The normalized spacial score (nSPS) is 15.7. The average molecular weight is 366 g/mol. The molecule has 0 aromatic heterocycles. The Bertz CT molecular complexity index is 674. The van der Waals surface area contributed by atoms with Crippen molar-refractivity contribution in [3.05, 3.63) is 29.6 Å². The lowest BCUT2D eigenvalue weighted by molar-refractivity contribution is -0.127. The molecule has 1 aromatic rings. The zero-order valence-electron chi connectivity index (χ0n) is 14.8. The SMILES string of the molecule is COc1ccc(C(=O)OC(C)C(=O)NC(=O)NC2CCCCC2)c(F)c1. The highest BCUT2D eigenvalue weighted by molar-refractivity contribution is 5.98. The summed E-state index contributed by atoms with van der Waals surface area (Å²) < 4.78 is 23.7. The van der Waals surface area contributed by atoms with Gasteiger partial charge in [0.2, 0.25) is 0 Å². The first kappa shape index (κ1) is 19.7. The van der Waals surface area contributed by atoms with Gasteiger partial charge in [-0.25, -0.2) is 14.0 Å². The van der Waals surface area contributed by atoms with Crippen LogP contribution in [-0.2, 0) is 9.53 Å². The van der Waals surface area contributed by atoms with Crippen molar-refractivity contribution in [1.29, 1.82) is 0 Å². The molecule has 0 saturated heterocycles. The number of rotatable bonds is 5. The minimum absolute atomic E-state index is 0.0443. The standard InChI is InChI=1S/C18H23FN2O5/c1-11(16(22)21-18(24)20-12-6-4-3-5-7-12)26-17(23)14-9-8-13(25-2)10-15(14)19/h8-12H,3-7H2,1-2H3,(H2,20,21,22,24). The molecule has 0 heterocycles. The number of halogens is 1. The lowest BCUT2D eigenvalue weighted by atomic mass is 9.96. The number of methoxy groups -OCH3 is 1. The third kappa shape index (κ3) is 5.44. The molecule has 1 aliphatic carbocycles. The molecular weight excluding hydrogens is 343 g/mol. The molecule has 7 nitrogen and oxygen atoms in total. The van der Waals surface area contributed by atoms with Gasteiger partial charge in [0.25, 0.3) is 5.91 Å². The molecule has 0 aliphatic heterocycles. The van der Waals surface area contributed by atoms with Crippen LogP contribution in [0.2, 0.25) is 0 Å². The number of carbonyl (C=O) groups excluding carboxylic acids is 3. The van der Waals surface area contributed by atoms with Crippen molar-refractivity contribution < 1.29 is 28.2 Å². The molecule has 1 unspecified atom stereocenters. The Morgan fingerprint density at radius 3 is 2.50 bits per heavy atom. The fourth-order valence-corrected chi connectivity index (χ4v) is 2.75. The van der Waals surface area contributed by atoms with E-state index in [1.165, 1.54) is 26.2 Å². The highest BCUT2D eigenvalue weighted by Gasteiger charge is 2.24. The van der Waals surface area contributed by atoms with Crippen LogP contribution >= 0.6 is 0 Å². The zero-order chi connectivity index (χ0) is 19.1. The molecule has 142 valence electrons. The van der Waals surface area contributed by atoms with E-state index in [-0.39, 0.29) is 17.4 Å². The number of benzene rings is 1. The Balaban J connectivity index is 1.85. The highest BCUT2D eigenvalue weighted by Crippen LogP contribution is 2.18. The monoisotopic (exact) mass is 366 g/mol. The Kier molecular flexibility index (Phi) is 6.94. The lowest BCUT2D eigenvalue weighted by Gasteiger charge is -2.23. The summed E-state index contributed by atoms with van der Waals surface area (Å²) in [5.74, 6) is -2.35. The Hall–Kier alpha value is -2.64. The van der Waals surface area contributed by atoms with Gasteiger partial charge >= 0.3 is 12.0 Å². The van der Waals surface area contributed by atoms with Gasteiger partial charge in [-0.2, -0.15) is 0 Å². The summed E-state index contributed by atoms with van der Waals surface area (Å²) in [5, 5.41) is 4.86. The second-order valence-electron chi connectivity index (χ2n) is 6.19. The summed E-state index contributed by atoms with van der Waals surface area (Å²) >= 11 is 0. The van der Waals surface area contributed by atoms with Crippen molar-refractivity contribution in [3.63, 3.8) is 0 Å². The van der Waals surface area contributed by atoms with E-state index in [2.05, 4.69) is 10.6 Å². The first-order chi connectivity index (χ1) is 12.4. The maximum atomic E-state index is 13.9. The van der Waals surface area contributed by atoms with Gasteiger partial charge in [-0.05, 0) is 31.9 Å². The van der Waals surface area contributed by atoms with Crippen LogP contribution in [0.4, 0.5) is 9.18 Å². The van der Waals surface area contributed by atoms with Gasteiger partial charge < -0.3 is 14.8 Å². The van der Waals surface area contributed by atoms with Crippen LogP contribution in [0, 0.1) is 5.82 Å². The number of nitrogens with one attached hydrogen (secondary N) is 2. The molecule has 26 heavy (non-hydrogen) atoms. The van der Waals surface area contributed by atoms with E-state index < -0.39 is 29.8 Å². The number of hydrogen-bond donors (Lipinski definition) is 2. The van der Waals surface area contributed by atoms with Crippen LogP contribution in [0.1, 0.15) is 49.4 Å². The third-order valence-electron chi connectivity index (χ3n) is 4.23. The van der Waals surface area contributed by atoms with Crippen molar-refractivity contribution in [2.24, 2.45) is 0 Å². The second-order valence-corrected chi connectivity index (χ2v) is 6.19. The van der Waals surface area contributed by atoms with Crippen molar-refractivity contribution in [2.75, 3.05) is 7.11 Å². The molecule has 2 N–H and O–H groups in total. The van der Waals surface area contributed by atoms with E-state index in [4.69, 9.17) is 9.47 Å². The van der Waals surface area contributed by atoms with E-state index >= 15 is 0 Å². The van der Waals surface area contributed by atoms with Gasteiger partial charge in [0.1, 0.15) is 11.6 Å². The van der Waals surface area contributed by atoms with Gasteiger partial charge in [0, 0.05) is 12.1 Å². The van der Waals surface area contributed by atoms with E-state index in [1.54, 1.807) is 0 Å². The summed E-state index contributed by atoms with van der Waals surface area (Å²) in [6.07, 6.45) is 3.74. The molecule has 0 spiro atoms. The Morgan fingerprint density at radius 1 is 1.19 bits per heavy atom. The zero-order valence-corrected chi connectivity index (χ0v) is 14.8. The minimum atomic E-state index is -1.25. The molecular formula is C18H23FN2O5. The summed E-state index contributed by atoms with van der Waals surface area (Å²) in [6, 6.07) is 3.07.